The minimum atomic E-state index is -1.47. The molecule has 0 radical (unpaired) electrons. The van der Waals surface area contributed by atoms with Crippen LogP contribution in [0.5, 0.6) is 0 Å². The predicted molar refractivity (Wildman–Crippen MR) is 52.9 cm³/mol. The Morgan fingerprint density at radius 3 is 2.12 bits per heavy atom. The van der Waals surface area contributed by atoms with E-state index in [0.29, 0.717) is 6.07 Å². The second-order valence-corrected chi connectivity index (χ2v) is 3.22. The number of rotatable bonds is 3. The second kappa shape index (κ2) is 5.38. The van der Waals surface area contributed by atoms with Crippen LogP contribution < -0.4 is 0 Å². The lowest BCUT2D eigenvalue weighted by Gasteiger charge is -2.14. The maximum Gasteiger partial charge on any atom is 0.351 e. The molecule has 0 N–H and O–H groups in total. The van der Waals surface area contributed by atoms with Crippen LogP contribution in [0.3, 0.4) is 0 Å². The molecule has 0 saturated carbocycles. The molecular formula is C11H10F2O4. The van der Waals surface area contributed by atoms with Crippen molar-refractivity contribution in [1.29, 1.82) is 0 Å². The molecule has 1 aromatic carbocycles. The van der Waals surface area contributed by atoms with Gasteiger partial charge in [0.15, 0.2) is 0 Å². The molecule has 92 valence electrons. The molecule has 0 fully saturated rings. The standard InChI is InChI=1S/C11H10F2O4/c1-6(14)17-10(11(15)16-2)7-3-8(12)5-9(13)4-7/h3-5,10H,1-2H3. The molecule has 0 aliphatic carbocycles. The summed E-state index contributed by atoms with van der Waals surface area (Å²) in [6.45, 7) is 1.07. The molecule has 1 rings (SSSR count). The molecular weight excluding hydrogens is 234 g/mol. The number of carbonyl (C=O) groups is 2. The number of methoxy groups -OCH3 is 1. The summed E-state index contributed by atoms with van der Waals surface area (Å²) < 4.78 is 35.0. The van der Waals surface area contributed by atoms with Gasteiger partial charge in [0.1, 0.15) is 11.6 Å². The first-order valence-electron chi connectivity index (χ1n) is 4.65. The quantitative estimate of drug-likeness (QED) is 0.760. The monoisotopic (exact) mass is 244 g/mol. The fourth-order valence-corrected chi connectivity index (χ4v) is 1.25. The highest BCUT2D eigenvalue weighted by atomic mass is 19.1. The van der Waals surface area contributed by atoms with Gasteiger partial charge >= 0.3 is 11.9 Å². The van der Waals surface area contributed by atoms with Crippen molar-refractivity contribution >= 4 is 11.9 Å². The molecule has 0 bridgehead atoms. The number of esters is 2. The van der Waals surface area contributed by atoms with E-state index < -0.39 is 29.7 Å². The predicted octanol–water partition coefficient (Wildman–Crippen LogP) is 1.74. The van der Waals surface area contributed by atoms with E-state index in [2.05, 4.69) is 9.47 Å². The fraction of sp³-hybridized carbons (Fsp3) is 0.273. The highest BCUT2D eigenvalue weighted by molar-refractivity contribution is 5.80. The zero-order valence-corrected chi connectivity index (χ0v) is 9.20. The maximum absolute atomic E-state index is 13.0. The van der Waals surface area contributed by atoms with E-state index in [0.717, 1.165) is 26.2 Å². The molecule has 4 nitrogen and oxygen atoms in total. The average molecular weight is 244 g/mol. The largest absolute Gasteiger partial charge is 0.466 e. The minimum absolute atomic E-state index is 0.121. The molecule has 1 aromatic rings. The number of halogens is 2. The van der Waals surface area contributed by atoms with Crippen LogP contribution in [0.25, 0.3) is 0 Å². The van der Waals surface area contributed by atoms with Gasteiger partial charge < -0.3 is 9.47 Å². The topological polar surface area (TPSA) is 52.6 Å². The summed E-state index contributed by atoms with van der Waals surface area (Å²) in [6, 6.07) is 2.44. The molecule has 0 heterocycles. The van der Waals surface area contributed by atoms with Crippen LogP contribution in [0.2, 0.25) is 0 Å². The third kappa shape index (κ3) is 3.51. The lowest BCUT2D eigenvalue weighted by Crippen LogP contribution is -2.20. The molecule has 1 atom stereocenters. The molecule has 0 spiro atoms. The zero-order chi connectivity index (χ0) is 13.0. The summed E-state index contributed by atoms with van der Waals surface area (Å²) in [4.78, 5) is 22.1. The van der Waals surface area contributed by atoms with E-state index in [1.807, 2.05) is 0 Å². The summed E-state index contributed by atoms with van der Waals surface area (Å²) in [7, 11) is 1.08. The van der Waals surface area contributed by atoms with Gasteiger partial charge in [-0.2, -0.15) is 0 Å². The zero-order valence-electron chi connectivity index (χ0n) is 9.20. The molecule has 1 unspecified atom stereocenters. The minimum Gasteiger partial charge on any atom is -0.466 e. The molecule has 17 heavy (non-hydrogen) atoms. The van der Waals surface area contributed by atoms with Gasteiger partial charge in [-0.25, -0.2) is 13.6 Å². The van der Waals surface area contributed by atoms with Crippen LogP contribution in [0, 0.1) is 11.6 Å². The Morgan fingerprint density at radius 2 is 1.71 bits per heavy atom. The van der Waals surface area contributed by atoms with Crippen molar-refractivity contribution in [2.24, 2.45) is 0 Å². The molecule has 0 aliphatic rings. The van der Waals surface area contributed by atoms with Crippen molar-refractivity contribution in [1.82, 2.24) is 0 Å². The van der Waals surface area contributed by atoms with Crippen LogP contribution >= 0.6 is 0 Å². The van der Waals surface area contributed by atoms with Crippen LogP contribution in [0.1, 0.15) is 18.6 Å². The SMILES string of the molecule is COC(=O)C(OC(C)=O)c1cc(F)cc(F)c1. The van der Waals surface area contributed by atoms with E-state index in [1.165, 1.54) is 0 Å². The number of hydrogen-bond acceptors (Lipinski definition) is 4. The van der Waals surface area contributed by atoms with Gasteiger partial charge in [-0.3, -0.25) is 4.79 Å². The van der Waals surface area contributed by atoms with Gasteiger partial charge in [0.2, 0.25) is 6.10 Å². The number of carbonyl (C=O) groups excluding carboxylic acids is 2. The number of hydrogen-bond donors (Lipinski definition) is 0. The third-order valence-corrected chi connectivity index (χ3v) is 1.89. The van der Waals surface area contributed by atoms with Crippen LogP contribution in [-0.4, -0.2) is 19.0 Å². The van der Waals surface area contributed by atoms with Crippen molar-refractivity contribution in [3.05, 3.63) is 35.4 Å². The van der Waals surface area contributed by atoms with Crippen molar-refractivity contribution in [2.75, 3.05) is 7.11 Å². The van der Waals surface area contributed by atoms with Crippen molar-refractivity contribution in [3.8, 4) is 0 Å². The molecule has 0 aromatic heterocycles. The van der Waals surface area contributed by atoms with E-state index >= 15 is 0 Å². The van der Waals surface area contributed by atoms with Crippen molar-refractivity contribution < 1.29 is 27.8 Å². The summed E-state index contributed by atoms with van der Waals surface area (Å²) >= 11 is 0. The Balaban J connectivity index is 3.11. The molecule has 6 heteroatoms. The second-order valence-electron chi connectivity index (χ2n) is 3.22. The third-order valence-electron chi connectivity index (χ3n) is 1.89. The first-order valence-corrected chi connectivity index (χ1v) is 4.65. The maximum atomic E-state index is 13.0. The number of benzene rings is 1. The van der Waals surface area contributed by atoms with E-state index in [9.17, 15) is 18.4 Å². The van der Waals surface area contributed by atoms with Gasteiger partial charge in [0.25, 0.3) is 0 Å². The summed E-state index contributed by atoms with van der Waals surface area (Å²) in [5.74, 6) is -3.42. The lowest BCUT2D eigenvalue weighted by atomic mass is 10.1. The van der Waals surface area contributed by atoms with Gasteiger partial charge in [-0.05, 0) is 12.1 Å². The van der Waals surface area contributed by atoms with Gasteiger partial charge in [0.05, 0.1) is 7.11 Å². The summed E-state index contributed by atoms with van der Waals surface area (Å²) in [6.07, 6.45) is -1.47. The average Bonchev–Trinajstić information content (AvgIpc) is 2.23. The fourth-order valence-electron chi connectivity index (χ4n) is 1.25. The van der Waals surface area contributed by atoms with Gasteiger partial charge in [-0.15, -0.1) is 0 Å². The first kappa shape index (κ1) is 13.1. The smallest absolute Gasteiger partial charge is 0.351 e. The van der Waals surface area contributed by atoms with E-state index in [4.69, 9.17) is 0 Å². The van der Waals surface area contributed by atoms with Crippen LogP contribution in [0.4, 0.5) is 8.78 Å². The molecule has 0 saturated heterocycles. The highest BCUT2D eigenvalue weighted by Gasteiger charge is 2.25. The number of ether oxygens (including phenoxy) is 2. The molecule has 0 amide bonds. The van der Waals surface area contributed by atoms with Crippen molar-refractivity contribution in [3.63, 3.8) is 0 Å². The Morgan fingerprint density at radius 1 is 1.18 bits per heavy atom. The lowest BCUT2D eigenvalue weighted by molar-refractivity contribution is -0.165. The van der Waals surface area contributed by atoms with Gasteiger partial charge in [-0.1, -0.05) is 0 Å². The Kier molecular flexibility index (Phi) is 4.14. The van der Waals surface area contributed by atoms with Gasteiger partial charge in [0, 0.05) is 18.6 Å². The highest BCUT2D eigenvalue weighted by Crippen LogP contribution is 2.21. The van der Waals surface area contributed by atoms with E-state index in [1.54, 1.807) is 0 Å². The Bertz CT molecular complexity index is 425. The van der Waals surface area contributed by atoms with E-state index in [-0.39, 0.29) is 5.56 Å². The van der Waals surface area contributed by atoms with Crippen LogP contribution in [-0.2, 0) is 19.1 Å². The Labute approximate surface area is 96.1 Å². The Hall–Kier alpha value is -1.98. The van der Waals surface area contributed by atoms with Crippen molar-refractivity contribution in [2.45, 2.75) is 13.0 Å². The summed E-state index contributed by atoms with van der Waals surface area (Å²) in [5, 5.41) is 0. The first-order chi connectivity index (χ1) is 7.93. The normalized spacial score (nSPS) is 11.8. The molecule has 0 aliphatic heterocycles. The van der Waals surface area contributed by atoms with Crippen LogP contribution in [0.15, 0.2) is 18.2 Å². The summed E-state index contributed by atoms with van der Waals surface area (Å²) in [5.41, 5.74) is -0.121.